The Morgan fingerprint density at radius 3 is 2.83 bits per heavy atom. The molecule has 1 spiro atoms. The van der Waals surface area contributed by atoms with Crippen LogP contribution in [-0.4, -0.2) is 41.8 Å². The molecule has 5 heteroatoms. The molecule has 3 heterocycles. The number of hydrogen-bond acceptors (Lipinski definition) is 5. The summed E-state index contributed by atoms with van der Waals surface area (Å²) < 4.78 is 18.1. The highest BCUT2D eigenvalue weighted by atomic mass is 16.7. The standard InChI is InChI=1S/C31H42O5/c1-20(7-6-8-25-19-34-30(33)29-16-22(3)10-12-28(25)29)15-21(2)9-11-27-17-26(32)18-31(36-27)14-13-23(4)24(5)35-31/h6-10,12,16,20,23-24,26-27,32H,11,13-15,17-19H2,1-5H3/b7-6+,21-9+,25-8+/t20-,23-,24+,26-,27+,31+/m0/s1. The first-order chi connectivity index (χ1) is 17.1. The summed E-state index contributed by atoms with van der Waals surface area (Å²) in [6, 6.07) is 5.93. The number of rotatable bonds is 6. The van der Waals surface area contributed by atoms with Gasteiger partial charge in [-0.05, 0) is 69.1 Å². The van der Waals surface area contributed by atoms with Gasteiger partial charge in [0.2, 0.25) is 0 Å². The molecule has 1 N–H and O–H groups in total. The first-order valence-corrected chi connectivity index (χ1v) is 13.5. The second-order valence-electron chi connectivity index (χ2n) is 11.3. The van der Waals surface area contributed by atoms with E-state index in [-0.39, 0.29) is 24.3 Å². The lowest BCUT2D eigenvalue weighted by Crippen LogP contribution is -2.52. The van der Waals surface area contributed by atoms with Crippen LogP contribution in [0.15, 0.2) is 48.1 Å². The number of aliphatic hydroxyl groups excluding tert-OH is 1. The summed E-state index contributed by atoms with van der Waals surface area (Å²) in [5.74, 6) is 0.0270. The molecule has 0 saturated carbocycles. The van der Waals surface area contributed by atoms with E-state index >= 15 is 0 Å². The zero-order valence-corrected chi connectivity index (χ0v) is 22.5. The predicted octanol–water partition coefficient (Wildman–Crippen LogP) is 6.54. The Labute approximate surface area is 216 Å². The van der Waals surface area contributed by atoms with Crippen LogP contribution in [0.25, 0.3) is 5.57 Å². The summed E-state index contributed by atoms with van der Waals surface area (Å²) in [6.45, 7) is 11.0. The average molecular weight is 495 g/mol. The van der Waals surface area contributed by atoms with Crippen LogP contribution >= 0.6 is 0 Å². The highest BCUT2D eigenvalue weighted by Crippen LogP contribution is 2.41. The number of ether oxygens (including phenoxy) is 3. The molecule has 0 unspecified atom stereocenters. The maximum absolute atomic E-state index is 12.1. The second-order valence-corrected chi connectivity index (χ2v) is 11.3. The Kier molecular flexibility index (Phi) is 8.54. The lowest BCUT2D eigenvalue weighted by molar-refractivity contribution is -0.331. The number of allylic oxidation sites excluding steroid dienone is 4. The molecule has 0 radical (unpaired) electrons. The van der Waals surface area contributed by atoms with Crippen molar-refractivity contribution in [2.75, 3.05) is 6.61 Å². The molecule has 0 amide bonds. The molecular weight excluding hydrogens is 452 g/mol. The molecule has 6 atom stereocenters. The van der Waals surface area contributed by atoms with Gasteiger partial charge in [-0.3, -0.25) is 0 Å². The third-order valence-electron chi connectivity index (χ3n) is 7.86. The first-order valence-electron chi connectivity index (χ1n) is 13.5. The first kappa shape index (κ1) is 26.8. The summed E-state index contributed by atoms with van der Waals surface area (Å²) in [5.41, 5.74) is 5.00. The topological polar surface area (TPSA) is 65.0 Å². The smallest absolute Gasteiger partial charge is 0.339 e. The van der Waals surface area contributed by atoms with Crippen LogP contribution in [-0.2, 0) is 14.2 Å². The third kappa shape index (κ3) is 6.56. The maximum atomic E-state index is 12.1. The zero-order valence-electron chi connectivity index (χ0n) is 22.5. The van der Waals surface area contributed by atoms with Crippen molar-refractivity contribution in [2.24, 2.45) is 11.8 Å². The fourth-order valence-corrected chi connectivity index (χ4v) is 5.62. The number of carbonyl (C=O) groups excluding carboxylic acids is 1. The van der Waals surface area contributed by atoms with Gasteiger partial charge in [0.05, 0.1) is 23.9 Å². The minimum Gasteiger partial charge on any atom is -0.457 e. The molecule has 1 aromatic rings. The monoisotopic (exact) mass is 494 g/mol. The van der Waals surface area contributed by atoms with Gasteiger partial charge in [0.1, 0.15) is 6.61 Å². The van der Waals surface area contributed by atoms with Crippen molar-refractivity contribution < 1.29 is 24.1 Å². The highest BCUT2D eigenvalue weighted by Gasteiger charge is 2.46. The third-order valence-corrected chi connectivity index (χ3v) is 7.86. The molecule has 0 bridgehead atoms. The molecule has 4 rings (SSSR count). The summed E-state index contributed by atoms with van der Waals surface area (Å²) >= 11 is 0. The van der Waals surface area contributed by atoms with Gasteiger partial charge in [0, 0.05) is 19.3 Å². The van der Waals surface area contributed by atoms with Gasteiger partial charge in [-0.25, -0.2) is 4.79 Å². The van der Waals surface area contributed by atoms with Gasteiger partial charge in [0.15, 0.2) is 5.79 Å². The molecule has 1 aromatic carbocycles. The normalized spacial score (nSPS) is 33.1. The molecule has 3 aliphatic heterocycles. The van der Waals surface area contributed by atoms with Crippen LogP contribution < -0.4 is 0 Å². The fraction of sp³-hybridized carbons (Fsp3) is 0.581. The lowest BCUT2D eigenvalue weighted by Gasteiger charge is -2.48. The van der Waals surface area contributed by atoms with Crippen LogP contribution in [0.4, 0.5) is 0 Å². The van der Waals surface area contributed by atoms with Gasteiger partial charge in [-0.2, -0.15) is 0 Å². The molecule has 0 aromatic heterocycles. The number of aryl methyl sites for hydroxylation is 1. The molecule has 2 saturated heterocycles. The van der Waals surface area contributed by atoms with Crippen LogP contribution in [0.1, 0.15) is 87.7 Å². The molecule has 0 aliphatic carbocycles. The van der Waals surface area contributed by atoms with Crippen molar-refractivity contribution in [1.29, 1.82) is 0 Å². The zero-order chi connectivity index (χ0) is 25.9. The van der Waals surface area contributed by atoms with E-state index in [1.54, 1.807) is 0 Å². The van der Waals surface area contributed by atoms with E-state index in [0.717, 1.165) is 42.4 Å². The van der Waals surface area contributed by atoms with E-state index in [1.807, 2.05) is 25.1 Å². The average Bonchev–Trinajstić information content (AvgIpc) is 2.82. The van der Waals surface area contributed by atoms with Crippen LogP contribution in [0, 0.1) is 18.8 Å². The molecule has 36 heavy (non-hydrogen) atoms. The maximum Gasteiger partial charge on any atom is 0.339 e. The van der Waals surface area contributed by atoms with E-state index in [2.05, 4.69) is 52.0 Å². The summed E-state index contributed by atoms with van der Waals surface area (Å²) in [5, 5.41) is 10.5. The number of fused-ring (bicyclic) bond motifs is 1. The van der Waals surface area contributed by atoms with Crippen molar-refractivity contribution in [3.63, 3.8) is 0 Å². The fourth-order valence-electron chi connectivity index (χ4n) is 5.62. The van der Waals surface area contributed by atoms with Gasteiger partial charge in [-0.1, -0.05) is 61.4 Å². The SMILES string of the molecule is C/C(=C\C[C@@H]1C[C@H](O)C[C@@]2(CC[C@H](C)[C@@H](C)O2)O1)C[C@@H](C)/C=C/C=C1\COC(=O)c2cc(C)ccc21. The highest BCUT2D eigenvalue weighted by molar-refractivity contribution is 5.99. The second kappa shape index (κ2) is 11.5. The van der Waals surface area contributed by atoms with E-state index < -0.39 is 5.79 Å². The molecule has 196 valence electrons. The van der Waals surface area contributed by atoms with Crippen LogP contribution in [0.5, 0.6) is 0 Å². The minimum absolute atomic E-state index is 0.0161. The van der Waals surface area contributed by atoms with E-state index in [0.29, 0.717) is 36.8 Å². The lowest BCUT2D eigenvalue weighted by atomic mass is 9.86. The Balaban J connectivity index is 1.31. The van der Waals surface area contributed by atoms with Crippen molar-refractivity contribution in [3.8, 4) is 0 Å². The Bertz CT molecular complexity index is 1040. The largest absolute Gasteiger partial charge is 0.457 e. The number of esters is 1. The van der Waals surface area contributed by atoms with E-state index in [9.17, 15) is 9.90 Å². The summed E-state index contributed by atoms with van der Waals surface area (Å²) in [4.78, 5) is 12.1. The summed E-state index contributed by atoms with van der Waals surface area (Å²) in [6.07, 6.45) is 13.3. The number of carbonyl (C=O) groups is 1. The molecule has 3 aliphatic rings. The number of hydrogen-bond donors (Lipinski definition) is 1. The predicted molar refractivity (Wildman–Crippen MR) is 143 cm³/mol. The minimum atomic E-state index is -0.621. The molecule has 5 nitrogen and oxygen atoms in total. The number of benzene rings is 1. The van der Waals surface area contributed by atoms with E-state index in [1.165, 1.54) is 5.57 Å². The Morgan fingerprint density at radius 2 is 2.06 bits per heavy atom. The van der Waals surface area contributed by atoms with Crippen molar-refractivity contribution in [3.05, 3.63) is 64.8 Å². The molecule has 2 fully saturated rings. The number of aliphatic hydroxyl groups is 1. The Morgan fingerprint density at radius 1 is 1.25 bits per heavy atom. The van der Waals surface area contributed by atoms with Gasteiger partial charge in [0.25, 0.3) is 0 Å². The Hall–Kier alpha value is -2.21. The van der Waals surface area contributed by atoms with Crippen molar-refractivity contribution >= 4 is 11.5 Å². The van der Waals surface area contributed by atoms with Gasteiger partial charge in [-0.15, -0.1) is 0 Å². The van der Waals surface area contributed by atoms with Gasteiger partial charge >= 0.3 is 5.97 Å². The van der Waals surface area contributed by atoms with Crippen molar-refractivity contribution in [1.82, 2.24) is 0 Å². The quantitative estimate of drug-likeness (QED) is 0.359. The molecular formula is C31H42O5. The van der Waals surface area contributed by atoms with Gasteiger partial charge < -0.3 is 19.3 Å². The van der Waals surface area contributed by atoms with Crippen molar-refractivity contribution in [2.45, 2.75) is 97.2 Å². The van der Waals surface area contributed by atoms with Crippen LogP contribution in [0.2, 0.25) is 0 Å². The van der Waals surface area contributed by atoms with E-state index in [4.69, 9.17) is 14.2 Å². The number of cyclic esters (lactones) is 1. The summed E-state index contributed by atoms with van der Waals surface area (Å²) in [7, 11) is 0. The van der Waals surface area contributed by atoms with Crippen LogP contribution in [0.3, 0.4) is 0 Å².